The average molecular weight is 501 g/mol. The molecule has 0 heterocycles. The van der Waals surface area contributed by atoms with E-state index in [1.165, 1.54) is 57.8 Å². The van der Waals surface area contributed by atoms with Crippen LogP contribution in [0.1, 0.15) is 96.0 Å². The van der Waals surface area contributed by atoms with E-state index in [1.54, 1.807) is 0 Å². The summed E-state index contributed by atoms with van der Waals surface area (Å²) in [6.45, 7) is 2.26. The van der Waals surface area contributed by atoms with Crippen molar-refractivity contribution in [1.82, 2.24) is 0 Å². The average Bonchev–Trinajstić information content (AvgIpc) is 2.81. The lowest BCUT2D eigenvalue weighted by Crippen LogP contribution is -2.35. The molecule has 0 bridgehead atoms. The zero-order valence-corrected chi connectivity index (χ0v) is 20.5. The van der Waals surface area contributed by atoms with Gasteiger partial charge in [-0.2, -0.15) is 13.2 Å². The SMILES string of the molecule is CCCCC1CCC2CC(C3CCC(C(=O)Oc4cc(F)c(C(F)(F)F)c(F)c4)CC3)CCC2C1. The van der Waals surface area contributed by atoms with Gasteiger partial charge < -0.3 is 4.74 Å². The molecule has 0 radical (unpaired) electrons. The van der Waals surface area contributed by atoms with E-state index >= 15 is 0 Å². The van der Waals surface area contributed by atoms with Crippen molar-refractivity contribution in [2.45, 2.75) is 96.6 Å². The number of fused-ring (bicyclic) bond motifs is 1. The van der Waals surface area contributed by atoms with Crippen LogP contribution < -0.4 is 4.74 Å². The van der Waals surface area contributed by atoms with Crippen molar-refractivity contribution in [3.05, 3.63) is 29.3 Å². The van der Waals surface area contributed by atoms with Gasteiger partial charge in [-0.25, -0.2) is 8.78 Å². The Kier molecular flexibility index (Phi) is 8.42. The number of ether oxygens (including phenoxy) is 1. The Bertz CT molecular complexity index is 852. The van der Waals surface area contributed by atoms with Gasteiger partial charge in [0.05, 0.1) is 5.92 Å². The first-order valence-corrected chi connectivity index (χ1v) is 13.4. The number of alkyl halides is 3. The maximum absolute atomic E-state index is 13.8. The Morgan fingerprint density at radius 1 is 0.857 bits per heavy atom. The molecule has 196 valence electrons. The van der Waals surface area contributed by atoms with E-state index in [-0.39, 0.29) is 5.92 Å². The van der Waals surface area contributed by atoms with Crippen LogP contribution in [-0.4, -0.2) is 5.97 Å². The summed E-state index contributed by atoms with van der Waals surface area (Å²) in [6, 6.07) is 0.871. The lowest BCUT2D eigenvalue weighted by atomic mass is 9.60. The summed E-state index contributed by atoms with van der Waals surface area (Å²) in [4.78, 5) is 12.6. The molecule has 35 heavy (non-hydrogen) atoms. The highest BCUT2D eigenvalue weighted by Crippen LogP contribution is 2.49. The lowest BCUT2D eigenvalue weighted by molar-refractivity contribution is -0.142. The lowest BCUT2D eigenvalue weighted by Gasteiger charge is -2.45. The second-order valence-corrected chi connectivity index (χ2v) is 11.2. The molecule has 7 heteroatoms. The molecule has 0 N–H and O–H groups in total. The highest BCUT2D eigenvalue weighted by Gasteiger charge is 2.40. The van der Waals surface area contributed by atoms with E-state index < -0.39 is 35.1 Å². The number of esters is 1. The van der Waals surface area contributed by atoms with E-state index in [1.807, 2.05) is 0 Å². The Hall–Kier alpha value is -1.66. The number of halogens is 5. The van der Waals surface area contributed by atoms with Gasteiger partial charge in [-0.3, -0.25) is 4.79 Å². The number of hydrogen-bond donors (Lipinski definition) is 0. The molecule has 4 unspecified atom stereocenters. The first kappa shape index (κ1) is 26.4. The van der Waals surface area contributed by atoms with Crippen molar-refractivity contribution in [2.75, 3.05) is 0 Å². The van der Waals surface area contributed by atoms with E-state index in [0.717, 1.165) is 30.6 Å². The second kappa shape index (κ2) is 11.2. The van der Waals surface area contributed by atoms with Crippen LogP contribution in [0.25, 0.3) is 0 Å². The fourth-order valence-electron chi connectivity index (χ4n) is 7.11. The minimum absolute atomic E-state index is 0.384. The quantitative estimate of drug-likeness (QED) is 0.222. The predicted molar refractivity (Wildman–Crippen MR) is 124 cm³/mol. The van der Waals surface area contributed by atoms with Crippen molar-refractivity contribution in [2.24, 2.45) is 35.5 Å². The third kappa shape index (κ3) is 6.37. The Morgan fingerprint density at radius 2 is 1.40 bits per heavy atom. The van der Waals surface area contributed by atoms with Gasteiger partial charge in [-0.05, 0) is 87.4 Å². The van der Waals surface area contributed by atoms with Gasteiger partial charge >= 0.3 is 12.1 Å². The molecule has 1 aromatic rings. The fourth-order valence-corrected chi connectivity index (χ4v) is 7.11. The number of benzene rings is 1. The number of carbonyl (C=O) groups excluding carboxylic acids is 1. The first-order valence-electron chi connectivity index (χ1n) is 13.4. The molecule has 3 aliphatic carbocycles. The number of rotatable bonds is 6. The van der Waals surface area contributed by atoms with Crippen LogP contribution >= 0.6 is 0 Å². The summed E-state index contributed by atoms with van der Waals surface area (Å²) in [6.07, 6.45) is 10.0. The van der Waals surface area contributed by atoms with Crippen LogP contribution in [0.4, 0.5) is 22.0 Å². The van der Waals surface area contributed by atoms with Crippen LogP contribution in [0.3, 0.4) is 0 Å². The Labute approximate surface area is 205 Å². The Morgan fingerprint density at radius 3 is 2.00 bits per heavy atom. The number of carbonyl (C=O) groups is 1. The van der Waals surface area contributed by atoms with Gasteiger partial charge in [-0.15, -0.1) is 0 Å². The summed E-state index contributed by atoms with van der Waals surface area (Å²) in [5, 5.41) is 0. The summed E-state index contributed by atoms with van der Waals surface area (Å²) in [7, 11) is 0. The van der Waals surface area contributed by atoms with Crippen LogP contribution in [-0.2, 0) is 11.0 Å². The van der Waals surface area contributed by atoms with E-state index in [4.69, 9.17) is 4.74 Å². The summed E-state index contributed by atoms with van der Waals surface area (Å²) in [5.41, 5.74) is -1.97. The van der Waals surface area contributed by atoms with Crippen LogP contribution in [0.15, 0.2) is 12.1 Å². The van der Waals surface area contributed by atoms with Crippen LogP contribution in [0.5, 0.6) is 5.75 Å². The molecule has 2 nitrogen and oxygen atoms in total. The standard InChI is InChI=1S/C28H37F5O2/c1-2-3-4-17-5-6-22-14-21(12-11-20(22)13-17)18-7-9-19(10-8-18)27(34)35-23-15-24(29)26(25(30)16-23)28(31,32)33/h15-22H,2-14H2,1H3. The van der Waals surface area contributed by atoms with Crippen molar-refractivity contribution < 1.29 is 31.5 Å². The van der Waals surface area contributed by atoms with Gasteiger partial charge in [0.15, 0.2) is 0 Å². The minimum Gasteiger partial charge on any atom is -0.426 e. The fraction of sp³-hybridized carbons (Fsp3) is 0.750. The molecular weight excluding hydrogens is 463 g/mol. The third-order valence-electron chi connectivity index (χ3n) is 9.02. The molecule has 4 rings (SSSR count). The first-order chi connectivity index (χ1) is 16.7. The number of hydrogen-bond acceptors (Lipinski definition) is 2. The molecule has 1 aromatic carbocycles. The van der Waals surface area contributed by atoms with Gasteiger partial charge in [0, 0.05) is 12.1 Å². The topological polar surface area (TPSA) is 26.3 Å². The molecule has 0 aliphatic heterocycles. The molecule has 0 saturated heterocycles. The van der Waals surface area contributed by atoms with Crippen molar-refractivity contribution >= 4 is 5.97 Å². The number of unbranched alkanes of at least 4 members (excludes halogenated alkanes) is 1. The smallest absolute Gasteiger partial charge is 0.422 e. The highest BCUT2D eigenvalue weighted by molar-refractivity contribution is 5.75. The highest BCUT2D eigenvalue weighted by atomic mass is 19.4. The predicted octanol–water partition coefficient (Wildman–Crippen LogP) is 8.72. The van der Waals surface area contributed by atoms with E-state index in [9.17, 15) is 26.7 Å². The van der Waals surface area contributed by atoms with Gasteiger partial charge in [-0.1, -0.05) is 32.6 Å². The maximum atomic E-state index is 13.8. The summed E-state index contributed by atoms with van der Waals surface area (Å²) >= 11 is 0. The second-order valence-electron chi connectivity index (χ2n) is 11.2. The van der Waals surface area contributed by atoms with Crippen molar-refractivity contribution in [3.8, 4) is 5.75 Å². The molecule has 3 aliphatic rings. The Balaban J connectivity index is 1.25. The third-order valence-corrected chi connectivity index (χ3v) is 9.02. The molecule has 0 aromatic heterocycles. The molecule has 3 saturated carbocycles. The molecule has 4 atom stereocenters. The molecule has 3 fully saturated rings. The normalized spacial score (nSPS) is 31.6. The zero-order chi connectivity index (χ0) is 25.2. The summed E-state index contributed by atoms with van der Waals surface area (Å²) < 4.78 is 70.9. The zero-order valence-electron chi connectivity index (χ0n) is 20.5. The maximum Gasteiger partial charge on any atom is 0.422 e. The van der Waals surface area contributed by atoms with Gasteiger partial charge in [0.1, 0.15) is 22.9 Å². The molecule has 0 spiro atoms. The van der Waals surface area contributed by atoms with Crippen LogP contribution in [0, 0.1) is 47.1 Å². The molecular formula is C28H37F5O2. The van der Waals surface area contributed by atoms with E-state index in [0.29, 0.717) is 36.8 Å². The van der Waals surface area contributed by atoms with Crippen molar-refractivity contribution in [1.29, 1.82) is 0 Å². The van der Waals surface area contributed by atoms with Gasteiger partial charge in [0.25, 0.3) is 0 Å². The van der Waals surface area contributed by atoms with Crippen molar-refractivity contribution in [3.63, 3.8) is 0 Å². The van der Waals surface area contributed by atoms with Crippen LogP contribution in [0.2, 0.25) is 0 Å². The minimum atomic E-state index is -5.15. The largest absolute Gasteiger partial charge is 0.426 e. The molecule has 0 amide bonds. The van der Waals surface area contributed by atoms with Gasteiger partial charge in [0.2, 0.25) is 0 Å². The summed E-state index contributed by atoms with van der Waals surface area (Å²) in [5.74, 6) is -1.12. The monoisotopic (exact) mass is 500 g/mol. The van der Waals surface area contributed by atoms with E-state index in [2.05, 4.69) is 6.92 Å².